The quantitative estimate of drug-likeness (QED) is 0.881. The molecular formula is C13H15BrFNO2. The first-order valence-corrected chi connectivity index (χ1v) is 6.81. The van der Waals surface area contributed by atoms with Crippen LogP contribution in [0.4, 0.5) is 4.39 Å². The average Bonchev–Trinajstić information content (AvgIpc) is 2.35. The van der Waals surface area contributed by atoms with Gasteiger partial charge in [0.25, 0.3) is 5.91 Å². The van der Waals surface area contributed by atoms with Crippen molar-refractivity contribution in [3.05, 3.63) is 34.1 Å². The smallest absolute Gasteiger partial charge is 0.254 e. The highest BCUT2D eigenvalue weighted by atomic mass is 79.9. The van der Waals surface area contributed by atoms with E-state index in [1.54, 1.807) is 6.07 Å². The number of carbonyl (C=O) groups is 1. The number of hydrogen-bond acceptors (Lipinski definition) is 2. The molecule has 1 amide bonds. The molecule has 1 aliphatic rings. The number of halogens is 2. The Labute approximate surface area is 114 Å². The van der Waals surface area contributed by atoms with Crippen molar-refractivity contribution in [2.45, 2.75) is 37.8 Å². The van der Waals surface area contributed by atoms with Gasteiger partial charge in [0.15, 0.2) is 0 Å². The Balaban J connectivity index is 2.09. The van der Waals surface area contributed by atoms with E-state index in [2.05, 4.69) is 21.2 Å². The molecule has 0 heterocycles. The van der Waals surface area contributed by atoms with Gasteiger partial charge in [-0.1, -0.05) is 28.8 Å². The third-order valence-corrected chi connectivity index (χ3v) is 3.71. The van der Waals surface area contributed by atoms with Gasteiger partial charge in [-0.05, 0) is 31.0 Å². The van der Waals surface area contributed by atoms with Crippen LogP contribution in [0.25, 0.3) is 0 Å². The Morgan fingerprint density at radius 1 is 1.39 bits per heavy atom. The monoisotopic (exact) mass is 315 g/mol. The standard InChI is InChI=1S/C13H15BrFNO2/c14-8-5-6-10(15)9(7-8)13(18)16-11-3-1-2-4-12(11)17/h5-7,11-12,17H,1-4H2,(H,16,18)/t11-,12-/m0/s1. The van der Waals surface area contributed by atoms with Crippen LogP contribution in [-0.4, -0.2) is 23.2 Å². The maximum Gasteiger partial charge on any atom is 0.254 e. The minimum Gasteiger partial charge on any atom is -0.391 e. The molecule has 0 aromatic heterocycles. The lowest BCUT2D eigenvalue weighted by Gasteiger charge is -2.28. The lowest BCUT2D eigenvalue weighted by molar-refractivity contribution is 0.0714. The van der Waals surface area contributed by atoms with E-state index >= 15 is 0 Å². The minimum absolute atomic E-state index is 0.00199. The molecule has 1 saturated carbocycles. The second-order valence-corrected chi connectivity index (χ2v) is 5.47. The Morgan fingerprint density at radius 3 is 2.83 bits per heavy atom. The fourth-order valence-electron chi connectivity index (χ4n) is 2.20. The molecule has 0 spiro atoms. The lowest BCUT2D eigenvalue weighted by atomic mass is 9.92. The zero-order chi connectivity index (χ0) is 13.1. The summed E-state index contributed by atoms with van der Waals surface area (Å²) in [5.41, 5.74) is 0.00199. The molecule has 18 heavy (non-hydrogen) atoms. The second kappa shape index (κ2) is 5.80. The number of carbonyl (C=O) groups excluding carboxylic acids is 1. The van der Waals surface area contributed by atoms with Crippen LogP contribution in [-0.2, 0) is 0 Å². The van der Waals surface area contributed by atoms with Gasteiger partial charge in [-0.15, -0.1) is 0 Å². The highest BCUT2D eigenvalue weighted by molar-refractivity contribution is 9.10. The number of hydrogen-bond donors (Lipinski definition) is 2. The zero-order valence-corrected chi connectivity index (χ0v) is 11.4. The van der Waals surface area contributed by atoms with Crippen molar-refractivity contribution in [3.8, 4) is 0 Å². The Kier molecular flexibility index (Phi) is 4.35. The van der Waals surface area contributed by atoms with Gasteiger partial charge in [0.2, 0.25) is 0 Å². The molecule has 1 fully saturated rings. The van der Waals surface area contributed by atoms with Gasteiger partial charge in [0.05, 0.1) is 17.7 Å². The van der Waals surface area contributed by atoms with E-state index < -0.39 is 17.8 Å². The molecule has 1 aromatic carbocycles. The largest absolute Gasteiger partial charge is 0.391 e. The van der Waals surface area contributed by atoms with Crippen molar-refractivity contribution in [1.29, 1.82) is 0 Å². The van der Waals surface area contributed by atoms with E-state index in [4.69, 9.17) is 0 Å². The van der Waals surface area contributed by atoms with Crippen molar-refractivity contribution in [2.24, 2.45) is 0 Å². The molecule has 2 rings (SSSR count). The maximum atomic E-state index is 13.5. The molecule has 0 bridgehead atoms. The highest BCUT2D eigenvalue weighted by Crippen LogP contribution is 2.20. The van der Waals surface area contributed by atoms with Crippen LogP contribution < -0.4 is 5.32 Å². The van der Waals surface area contributed by atoms with Crippen molar-refractivity contribution < 1.29 is 14.3 Å². The van der Waals surface area contributed by atoms with E-state index in [1.807, 2.05) is 0 Å². The molecule has 0 radical (unpaired) electrons. The maximum absolute atomic E-state index is 13.5. The van der Waals surface area contributed by atoms with E-state index in [0.717, 1.165) is 19.3 Å². The summed E-state index contributed by atoms with van der Waals surface area (Å²) in [4.78, 5) is 11.9. The molecule has 5 heteroatoms. The van der Waals surface area contributed by atoms with Gasteiger partial charge in [0, 0.05) is 4.47 Å². The van der Waals surface area contributed by atoms with E-state index in [1.165, 1.54) is 12.1 Å². The molecule has 1 aromatic rings. The summed E-state index contributed by atoms with van der Waals surface area (Å²) in [5.74, 6) is -1.03. The molecular weight excluding hydrogens is 301 g/mol. The summed E-state index contributed by atoms with van der Waals surface area (Å²) >= 11 is 3.21. The number of nitrogens with one attached hydrogen (secondary N) is 1. The number of rotatable bonds is 2. The van der Waals surface area contributed by atoms with Crippen LogP contribution in [0, 0.1) is 5.82 Å². The predicted molar refractivity (Wildman–Crippen MR) is 69.8 cm³/mol. The molecule has 2 N–H and O–H groups in total. The van der Waals surface area contributed by atoms with Gasteiger partial charge in [-0.2, -0.15) is 0 Å². The average molecular weight is 316 g/mol. The molecule has 98 valence electrons. The van der Waals surface area contributed by atoms with Gasteiger partial charge >= 0.3 is 0 Å². The number of aliphatic hydroxyl groups is 1. The number of aliphatic hydroxyl groups excluding tert-OH is 1. The highest BCUT2D eigenvalue weighted by Gasteiger charge is 2.25. The first-order valence-electron chi connectivity index (χ1n) is 6.02. The summed E-state index contributed by atoms with van der Waals surface area (Å²) in [5, 5.41) is 12.5. The van der Waals surface area contributed by atoms with Crippen LogP contribution in [0.2, 0.25) is 0 Å². The van der Waals surface area contributed by atoms with Crippen molar-refractivity contribution in [2.75, 3.05) is 0 Å². The molecule has 1 aliphatic carbocycles. The first kappa shape index (κ1) is 13.5. The van der Waals surface area contributed by atoms with Crippen LogP contribution in [0.5, 0.6) is 0 Å². The zero-order valence-electron chi connectivity index (χ0n) is 9.83. The summed E-state index contributed by atoms with van der Waals surface area (Å²) < 4.78 is 14.2. The minimum atomic E-state index is -0.555. The van der Waals surface area contributed by atoms with Crippen molar-refractivity contribution >= 4 is 21.8 Å². The third-order valence-electron chi connectivity index (χ3n) is 3.22. The lowest BCUT2D eigenvalue weighted by Crippen LogP contribution is -2.45. The summed E-state index contributed by atoms with van der Waals surface area (Å²) in [7, 11) is 0. The Hall–Kier alpha value is -0.940. The Morgan fingerprint density at radius 2 is 2.11 bits per heavy atom. The molecule has 2 atom stereocenters. The molecule has 0 aliphatic heterocycles. The fraction of sp³-hybridized carbons (Fsp3) is 0.462. The van der Waals surface area contributed by atoms with E-state index in [9.17, 15) is 14.3 Å². The van der Waals surface area contributed by atoms with Crippen LogP contribution in [0.1, 0.15) is 36.0 Å². The summed E-state index contributed by atoms with van der Waals surface area (Å²) in [6, 6.07) is 3.96. The Bertz CT molecular complexity index is 453. The van der Waals surface area contributed by atoms with Crippen molar-refractivity contribution in [1.82, 2.24) is 5.32 Å². The SMILES string of the molecule is O=C(N[C@H]1CCCC[C@@H]1O)c1cc(Br)ccc1F. The van der Waals surface area contributed by atoms with Gasteiger partial charge < -0.3 is 10.4 Å². The van der Waals surface area contributed by atoms with Gasteiger partial charge in [-0.3, -0.25) is 4.79 Å². The van der Waals surface area contributed by atoms with Crippen LogP contribution in [0.3, 0.4) is 0 Å². The third kappa shape index (κ3) is 3.09. The first-order chi connectivity index (χ1) is 8.58. The van der Waals surface area contributed by atoms with E-state index in [0.29, 0.717) is 10.9 Å². The molecule has 3 nitrogen and oxygen atoms in total. The molecule has 0 saturated heterocycles. The number of benzene rings is 1. The van der Waals surface area contributed by atoms with E-state index in [-0.39, 0.29) is 11.6 Å². The summed E-state index contributed by atoms with van der Waals surface area (Å²) in [6.45, 7) is 0. The fourth-order valence-corrected chi connectivity index (χ4v) is 2.56. The predicted octanol–water partition coefficient (Wildman–Crippen LogP) is 2.62. The normalized spacial score (nSPS) is 23.7. The molecule has 0 unspecified atom stereocenters. The summed E-state index contributed by atoms with van der Waals surface area (Å²) in [6.07, 6.45) is 2.84. The van der Waals surface area contributed by atoms with Crippen LogP contribution in [0.15, 0.2) is 22.7 Å². The van der Waals surface area contributed by atoms with Crippen LogP contribution >= 0.6 is 15.9 Å². The van der Waals surface area contributed by atoms with Crippen molar-refractivity contribution in [3.63, 3.8) is 0 Å². The number of amides is 1. The second-order valence-electron chi connectivity index (χ2n) is 4.56. The van der Waals surface area contributed by atoms with Gasteiger partial charge in [-0.25, -0.2) is 4.39 Å². The van der Waals surface area contributed by atoms with Gasteiger partial charge in [0.1, 0.15) is 5.82 Å². The topological polar surface area (TPSA) is 49.3 Å².